The van der Waals surface area contributed by atoms with Crippen molar-refractivity contribution >= 4 is 29.9 Å². The van der Waals surface area contributed by atoms with E-state index in [2.05, 4.69) is 77.7 Å². The molecule has 0 bridgehead atoms. The number of aryl methyl sites for hydroxylation is 1. The van der Waals surface area contributed by atoms with Crippen molar-refractivity contribution in [1.82, 2.24) is 20.5 Å². The van der Waals surface area contributed by atoms with Gasteiger partial charge in [-0.25, -0.2) is 4.99 Å². The number of hydrogen-bond acceptors (Lipinski definition) is 3. The Balaban J connectivity index is 0.00000364. The number of aromatic nitrogens is 1. The second-order valence-corrected chi connectivity index (χ2v) is 6.47. The summed E-state index contributed by atoms with van der Waals surface area (Å²) in [6, 6.07) is 15.1. The first-order valence-electron chi connectivity index (χ1n) is 9.31. The summed E-state index contributed by atoms with van der Waals surface area (Å²) >= 11 is 0. The standard InChI is InChI=1S/C21H31N5.HI/c1-5-17-10-12-18(13-11-17)20(26(3)4)16-25-21(22-6-2)24-15-19-9-7-8-14-23-19;/h7-14,20H,5-6,15-16H2,1-4H3,(H2,22,24,25);1H. The van der Waals surface area contributed by atoms with Gasteiger partial charge in [0.2, 0.25) is 0 Å². The van der Waals surface area contributed by atoms with Crippen LogP contribution >= 0.6 is 24.0 Å². The Morgan fingerprint density at radius 2 is 1.81 bits per heavy atom. The lowest BCUT2D eigenvalue weighted by Gasteiger charge is -2.26. The minimum absolute atomic E-state index is 0. The Bertz CT molecular complexity index is 671. The number of likely N-dealkylation sites (N-methyl/N-ethyl adjacent to an activating group) is 1. The minimum atomic E-state index is 0. The molecule has 2 aromatic rings. The largest absolute Gasteiger partial charge is 0.357 e. The third kappa shape index (κ3) is 7.84. The maximum atomic E-state index is 4.65. The normalized spacial score (nSPS) is 12.4. The van der Waals surface area contributed by atoms with Gasteiger partial charge in [0, 0.05) is 19.3 Å². The number of guanidine groups is 1. The molecule has 6 heteroatoms. The van der Waals surface area contributed by atoms with Crippen LogP contribution in [0.2, 0.25) is 0 Å². The van der Waals surface area contributed by atoms with Crippen molar-refractivity contribution in [2.24, 2.45) is 4.99 Å². The van der Waals surface area contributed by atoms with Gasteiger partial charge < -0.3 is 15.5 Å². The van der Waals surface area contributed by atoms with Gasteiger partial charge in [-0.15, -0.1) is 24.0 Å². The van der Waals surface area contributed by atoms with Gasteiger partial charge >= 0.3 is 0 Å². The van der Waals surface area contributed by atoms with Crippen LogP contribution in [-0.4, -0.2) is 43.0 Å². The summed E-state index contributed by atoms with van der Waals surface area (Å²) in [6.45, 7) is 6.43. The van der Waals surface area contributed by atoms with Crippen molar-refractivity contribution in [3.8, 4) is 0 Å². The van der Waals surface area contributed by atoms with Crippen LogP contribution in [0.1, 0.15) is 36.7 Å². The van der Waals surface area contributed by atoms with Crippen LogP contribution in [0.5, 0.6) is 0 Å². The minimum Gasteiger partial charge on any atom is -0.357 e. The Hall–Kier alpha value is -1.67. The van der Waals surface area contributed by atoms with Gasteiger partial charge in [0.1, 0.15) is 0 Å². The third-order valence-electron chi connectivity index (χ3n) is 4.33. The summed E-state index contributed by atoms with van der Waals surface area (Å²) in [6.07, 6.45) is 2.86. The average Bonchev–Trinajstić information content (AvgIpc) is 2.67. The van der Waals surface area contributed by atoms with E-state index in [4.69, 9.17) is 0 Å². The zero-order valence-corrected chi connectivity index (χ0v) is 19.1. The van der Waals surface area contributed by atoms with E-state index in [0.717, 1.165) is 31.2 Å². The molecule has 1 unspecified atom stereocenters. The van der Waals surface area contributed by atoms with Gasteiger partial charge in [-0.05, 0) is 50.7 Å². The number of aliphatic imine (C=N–C) groups is 1. The molecule has 1 atom stereocenters. The van der Waals surface area contributed by atoms with Gasteiger partial charge in [-0.2, -0.15) is 0 Å². The van der Waals surface area contributed by atoms with E-state index in [1.807, 2.05) is 18.2 Å². The van der Waals surface area contributed by atoms with Crippen LogP contribution in [0.15, 0.2) is 53.7 Å². The Morgan fingerprint density at radius 1 is 1.07 bits per heavy atom. The molecule has 27 heavy (non-hydrogen) atoms. The van der Waals surface area contributed by atoms with E-state index >= 15 is 0 Å². The quantitative estimate of drug-likeness (QED) is 0.344. The maximum absolute atomic E-state index is 4.65. The fourth-order valence-corrected chi connectivity index (χ4v) is 2.76. The van der Waals surface area contributed by atoms with Crippen molar-refractivity contribution in [2.45, 2.75) is 32.9 Å². The molecule has 0 spiro atoms. The highest BCUT2D eigenvalue weighted by molar-refractivity contribution is 14.0. The Morgan fingerprint density at radius 3 is 2.37 bits per heavy atom. The van der Waals surface area contributed by atoms with Gasteiger partial charge in [0.15, 0.2) is 5.96 Å². The molecule has 0 saturated heterocycles. The molecule has 5 nitrogen and oxygen atoms in total. The number of nitrogens with one attached hydrogen (secondary N) is 2. The third-order valence-corrected chi connectivity index (χ3v) is 4.33. The first-order chi connectivity index (χ1) is 12.6. The van der Waals surface area contributed by atoms with Crippen LogP contribution in [-0.2, 0) is 13.0 Å². The number of hydrogen-bond donors (Lipinski definition) is 2. The Kier molecular flexibility index (Phi) is 11.0. The number of pyridine rings is 1. The number of rotatable bonds is 8. The molecule has 0 radical (unpaired) electrons. The van der Waals surface area contributed by atoms with Crippen molar-refractivity contribution in [3.05, 3.63) is 65.5 Å². The van der Waals surface area contributed by atoms with Crippen molar-refractivity contribution in [2.75, 3.05) is 27.2 Å². The molecule has 1 aromatic carbocycles. The topological polar surface area (TPSA) is 52.6 Å². The SMILES string of the molecule is CCNC(=NCc1ccccn1)NCC(c1ccc(CC)cc1)N(C)C.I. The highest BCUT2D eigenvalue weighted by atomic mass is 127. The molecule has 1 aromatic heterocycles. The molecular formula is C21H32IN5. The molecule has 0 aliphatic carbocycles. The zero-order chi connectivity index (χ0) is 18.8. The molecule has 2 rings (SSSR count). The monoisotopic (exact) mass is 481 g/mol. The fourth-order valence-electron chi connectivity index (χ4n) is 2.76. The van der Waals surface area contributed by atoms with Gasteiger partial charge in [-0.3, -0.25) is 4.98 Å². The Labute approximate surface area is 180 Å². The predicted molar refractivity (Wildman–Crippen MR) is 125 cm³/mol. The average molecular weight is 481 g/mol. The van der Waals surface area contributed by atoms with Gasteiger partial charge in [-0.1, -0.05) is 37.3 Å². The van der Waals surface area contributed by atoms with Crippen molar-refractivity contribution < 1.29 is 0 Å². The summed E-state index contributed by atoms with van der Waals surface area (Å²) in [7, 11) is 4.22. The van der Waals surface area contributed by atoms with Gasteiger partial charge in [0.05, 0.1) is 18.3 Å². The van der Waals surface area contributed by atoms with Crippen LogP contribution in [0, 0.1) is 0 Å². The molecule has 0 fully saturated rings. The van der Waals surface area contributed by atoms with E-state index in [0.29, 0.717) is 6.54 Å². The van der Waals surface area contributed by atoms with E-state index in [9.17, 15) is 0 Å². The maximum Gasteiger partial charge on any atom is 0.191 e. The van der Waals surface area contributed by atoms with E-state index in [-0.39, 0.29) is 30.0 Å². The summed E-state index contributed by atoms with van der Waals surface area (Å²) in [5, 5.41) is 6.78. The molecule has 0 aliphatic heterocycles. The van der Waals surface area contributed by atoms with E-state index in [1.165, 1.54) is 11.1 Å². The van der Waals surface area contributed by atoms with Gasteiger partial charge in [0.25, 0.3) is 0 Å². The molecule has 2 N–H and O–H groups in total. The summed E-state index contributed by atoms with van der Waals surface area (Å²) in [5.74, 6) is 0.815. The summed E-state index contributed by atoms with van der Waals surface area (Å²) < 4.78 is 0. The zero-order valence-electron chi connectivity index (χ0n) is 16.8. The molecule has 0 amide bonds. The highest BCUT2D eigenvalue weighted by Crippen LogP contribution is 2.18. The first-order valence-corrected chi connectivity index (χ1v) is 9.31. The number of nitrogens with zero attached hydrogens (tertiary/aromatic N) is 3. The molecule has 148 valence electrons. The molecule has 1 heterocycles. The van der Waals surface area contributed by atoms with Crippen LogP contribution < -0.4 is 10.6 Å². The van der Waals surface area contributed by atoms with Crippen molar-refractivity contribution in [1.29, 1.82) is 0 Å². The molecule has 0 aliphatic rings. The van der Waals surface area contributed by atoms with Crippen molar-refractivity contribution in [3.63, 3.8) is 0 Å². The second kappa shape index (κ2) is 12.7. The van der Waals surface area contributed by atoms with Crippen LogP contribution in [0.3, 0.4) is 0 Å². The molecular weight excluding hydrogens is 449 g/mol. The van der Waals surface area contributed by atoms with Crippen LogP contribution in [0.4, 0.5) is 0 Å². The van der Waals surface area contributed by atoms with E-state index < -0.39 is 0 Å². The number of benzene rings is 1. The lowest BCUT2D eigenvalue weighted by molar-refractivity contribution is 0.298. The van der Waals surface area contributed by atoms with E-state index in [1.54, 1.807) is 6.20 Å². The lowest BCUT2D eigenvalue weighted by Crippen LogP contribution is -2.41. The second-order valence-electron chi connectivity index (χ2n) is 6.47. The summed E-state index contributed by atoms with van der Waals surface area (Å²) in [4.78, 5) is 11.2. The summed E-state index contributed by atoms with van der Waals surface area (Å²) in [5.41, 5.74) is 3.63. The fraction of sp³-hybridized carbons (Fsp3) is 0.429. The molecule has 0 saturated carbocycles. The lowest BCUT2D eigenvalue weighted by atomic mass is 10.0. The predicted octanol–water partition coefficient (Wildman–Crippen LogP) is 3.62. The van der Waals surface area contributed by atoms with Crippen LogP contribution in [0.25, 0.3) is 0 Å². The highest BCUT2D eigenvalue weighted by Gasteiger charge is 2.14. The first kappa shape index (κ1) is 23.4. The smallest absolute Gasteiger partial charge is 0.191 e. The number of halogens is 1.